The number of hydrogen-bond acceptors (Lipinski definition) is 2. The smallest absolute Gasteiger partial charge is 0.200 e. The largest absolute Gasteiger partial charge is 0.489 e. The molecule has 1 rings (SSSR count). The average molecular weight is 229 g/mol. The van der Waals surface area contributed by atoms with Crippen LogP contribution in [0.3, 0.4) is 0 Å². The molecule has 0 aliphatic carbocycles. The highest BCUT2D eigenvalue weighted by Gasteiger charge is 2.10. The van der Waals surface area contributed by atoms with E-state index >= 15 is 0 Å². The van der Waals surface area contributed by atoms with Crippen LogP contribution in [0.1, 0.15) is 20.8 Å². The van der Waals surface area contributed by atoms with Crippen LogP contribution in [0.5, 0.6) is 5.75 Å². The SMILES string of the molecule is CC(C)(C)NCCOc1cccc(F)c1F. The predicted octanol–water partition coefficient (Wildman–Crippen LogP) is 2.73. The van der Waals surface area contributed by atoms with Gasteiger partial charge in [-0.2, -0.15) is 4.39 Å². The minimum Gasteiger partial charge on any atom is -0.489 e. The van der Waals surface area contributed by atoms with Gasteiger partial charge in [0, 0.05) is 12.1 Å². The molecule has 0 bridgehead atoms. The number of benzene rings is 1. The van der Waals surface area contributed by atoms with Crippen molar-refractivity contribution in [2.24, 2.45) is 0 Å². The van der Waals surface area contributed by atoms with Crippen LogP contribution in [-0.2, 0) is 0 Å². The van der Waals surface area contributed by atoms with Crippen LogP contribution in [0.25, 0.3) is 0 Å². The third-order valence-electron chi connectivity index (χ3n) is 1.93. The molecule has 1 N–H and O–H groups in total. The Morgan fingerprint density at radius 3 is 2.56 bits per heavy atom. The molecule has 0 unspecified atom stereocenters. The fraction of sp³-hybridized carbons (Fsp3) is 0.500. The lowest BCUT2D eigenvalue weighted by atomic mass is 10.1. The Bertz CT molecular complexity index is 347. The van der Waals surface area contributed by atoms with Gasteiger partial charge in [0.1, 0.15) is 6.61 Å². The van der Waals surface area contributed by atoms with Crippen LogP contribution >= 0.6 is 0 Å². The van der Waals surface area contributed by atoms with E-state index in [4.69, 9.17) is 4.74 Å². The lowest BCUT2D eigenvalue weighted by Crippen LogP contribution is -2.38. The van der Waals surface area contributed by atoms with Crippen molar-refractivity contribution in [3.8, 4) is 5.75 Å². The molecular weight excluding hydrogens is 212 g/mol. The van der Waals surface area contributed by atoms with Crippen molar-refractivity contribution in [2.45, 2.75) is 26.3 Å². The number of nitrogens with one attached hydrogen (secondary N) is 1. The van der Waals surface area contributed by atoms with Gasteiger partial charge in [-0.3, -0.25) is 0 Å². The zero-order chi connectivity index (χ0) is 12.2. The van der Waals surface area contributed by atoms with Crippen LogP contribution < -0.4 is 10.1 Å². The first-order chi connectivity index (χ1) is 7.40. The summed E-state index contributed by atoms with van der Waals surface area (Å²) in [5.41, 5.74) is -0.0101. The summed E-state index contributed by atoms with van der Waals surface area (Å²) in [6.45, 7) is 6.96. The normalized spacial score (nSPS) is 11.6. The van der Waals surface area contributed by atoms with E-state index in [9.17, 15) is 8.78 Å². The summed E-state index contributed by atoms with van der Waals surface area (Å²) >= 11 is 0. The highest BCUT2D eigenvalue weighted by molar-refractivity contribution is 5.24. The Morgan fingerprint density at radius 1 is 1.25 bits per heavy atom. The Kier molecular flexibility index (Phi) is 4.24. The number of hydrogen-bond donors (Lipinski definition) is 1. The zero-order valence-corrected chi connectivity index (χ0v) is 9.81. The van der Waals surface area contributed by atoms with E-state index in [1.807, 2.05) is 20.8 Å². The van der Waals surface area contributed by atoms with Crippen molar-refractivity contribution >= 4 is 0 Å². The lowest BCUT2D eigenvalue weighted by Gasteiger charge is -2.20. The number of ether oxygens (including phenoxy) is 1. The molecule has 0 aliphatic heterocycles. The molecule has 0 amide bonds. The fourth-order valence-electron chi connectivity index (χ4n) is 1.18. The first kappa shape index (κ1) is 12.9. The maximum atomic E-state index is 13.1. The fourth-order valence-corrected chi connectivity index (χ4v) is 1.18. The van der Waals surface area contributed by atoms with Crippen molar-refractivity contribution in [3.63, 3.8) is 0 Å². The third kappa shape index (κ3) is 4.14. The molecule has 0 aromatic heterocycles. The molecular formula is C12H17F2NO. The maximum Gasteiger partial charge on any atom is 0.200 e. The van der Waals surface area contributed by atoms with E-state index in [0.717, 1.165) is 6.07 Å². The number of rotatable bonds is 4. The minimum atomic E-state index is -0.932. The Hall–Kier alpha value is -1.16. The van der Waals surface area contributed by atoms with Crippen molar-refractivity contribution in [1.29, 1.82) is 0 Å². The molecule has 16 heavy (non-hydrogen) atoms. The Morgan fingerprint density at radius 2 is 1.94 bits per heavy atom. The second-order valence-electron chi connectivity index (χ2n) is 4.58. The van der Waals surface area contributed by atoms with Crippen molar-refractivity contribution in [3.05, 3.63) is 29.8 Å². The zero-order valence-electron chi connectivity index (χ0n) is 9.81. The van der Waals surface area contributed by atoms with Crippen LogP contribution in [0.2, 0.25) is 0 Å². The topological polar surface area (TPSA) is 21.3 Å². The lowest BCUT2D eigenvalue weighted by molar-refractivity contribution is 0.275. The predicted molar refractivity (Wildman–Crippen MR) is 59.6 cm³/mol. The average Bonchev–Trinajstić information content (AvgIpc) is 2.17. The van der Waals surface area contributed by atoms with Gasteiger partial charge in [0.2, 0.25) is 5.82 Å². The van der Waals surface area contributed by atoms with Gasteiger partial charge >= 0.3 is 0 Å². The molecule has 0 aliphatic rings. The molecule has 1 aromatic carbocycles. The first-order valence-corrected chi connectivity index (χ1v) is 5.22. The minimum absolute atomic E-state index is 0.0101. The quantitative estimate of drug-likeness (QED) is 0.801. The van der Waals surface area contributed by atoms with Crippen LogP contribution in [0, 0.1) is 11.6 Å². The maximum absolute atomic E-state index is 13.1. The van der Waals surface area contributed by atoms with Crippen LogP contribution in [0.15, 0.2) is 18.2 Å². The molecule has 0 fully saturated rings. The van der Waals surface area contributed by atoms with E-state index in [-0.39, 0.29) is 11.3 Å². The summed E-state index contributed by atoms with van der Waals surface area (Å²) < 4.78 is 31.1. The van der Waals surface area contributed by atoms with Gasteiger partial charge < -0.3 is 10.1 Å². The van der Waals surface area contributed by atoms with Crippen LogP contribution in [0.4, 0.5) is 8.78 Å². The molecule has 0 atom stereocenters. The molecule has 0 saturated heterocycles. The van der Waals surface area contributed by atoms with E-state index in [2.05, 4.69) is 5.32 Å². The second-order valence-corrected chi connectivity index (χ2v) is 4.58. The van der Waals surface area contributed by atoms with Gasteiger partial charge in [-0.1, -0.05) is 6.07 Å². The summed E-state index contributed by atoms with van der Waals surface area (Å²) in [5, 5.41) is 3.18. The van der Waals surface area contributed by atoms with Crippen molar-refractivity contribution in [1.82, 2.24) is 5.32 Å². The Labute approximate surface area is 94.6 Å². The molecule has 0 saturated carbocycles. The van der Waals surface area contributed by atoms with Gasteiger partial charge in [0.15, 0.2) is 11.6 Å². The van der Waals surface area contributed by atoms with E-state index in [1.54, 1.807) is 0 Å². The van der Waals surface area contributed by atoms with E-state index in [0.29, 0.717) is 13.2 Å². The van der Waals surface area contributed by atoms with Gasteiger partial charge in [-0.25, -0.2) is 4.39 Å². The monoisotopic (exact) mass is 229 g/mol. The summed E-state index contributed by atoms with van der Waals surface area (Å²) in [6, 6.07) is 3.90. The van der Waals surface area contributed by atoms with E-state index < -0.39 is 11.6 Å². The second kappa shape index (κ2) is 5.25. The summed E-state index contributed by atoms with van der Waals surface area (Å²) in [6.07, 6.45) is 0. The molecule has 0 radical (unpaired) electrons. The summed E-state index contributed by atoms with van der Waals surface area (Å²) in [4.78, 5) is 0. The molecule has 2 nitrogen and oxygen atoms in total. The highest BCUT2D eigenvalue weighted by Crippen LogP contribution is 2.18. The molecule has 4 heteroatoms. The molecule has 90 valence electrons. The van der Waals surface area contributed by atoms with Gasteiger partial charge in [-0.05, 0) is 32.9 Å². The van der Waals surface area contributed by atoms with Gasteiger partial charge in [0.05, 0.1) is 0 Å². The Balaban J connectivity index is 2.41. The molecule has 0 heterocycles. The van der Waals surface area contributed by atoms with Crippen LogP contribution in [-0.4, -0.2) is 18.7 Å². The third-order valence-corrected chi connectivity index (χ3v) is 1.93. The van der Waals surface area contributed by atoms with Gasteiger partial charge in [-0.15, -0.1) is 0 Å². The highest BCUT2D eigenvalue weighted by atomic mass is 19.2. The summed E-state index contributed by atoms with van der Waals surface area (Å²) in [7, 11) is 0. The summed E-state index contributed by atoms with van der Waals surface area (Å²) in [5.74, 6) is -1.87. The van der Waals surface area contributed by atoms with E-state index in [1.165, 1.54) is 12.1 Å². The van der Waals surface area contributed by atoms with Gasteiger partial charge in [0.25, 0.3) is 0 Å². The number of halogens is 2. The molecule has 0 spiro atoms. The molecule has 1 aromatic rings. The van der Waals surface area contributed by atoms with Crippen molar-refractivity contribution < 1.29 is 13.5 Å². The first-order valence-electron chi connectivity index (χ1n) is 5.22. The standard InChI is InChI=1S/C12H17F2NO/c1-12(2,3)15-7-8-16-10-6-4-5-9(13)11(10)14/h4-6,15H,7-8H2,1-3H3. The van der Waals surface area contributed by atoms with Crippen molar-refractivity contribution in [2.75, 3.05) is 13.2 Å².